The molecular formula is C19H16BrClFN3O3S. The second-order valence-electron chi connectivity index (χ2n) is 6.86. The second kappa shape index (κ2) is 7.81. The lowest BCUT2D eigenvalue weighted by Crippen LogP contribution is -2.46. The SMILES string of the molecule is O=S(=O)(N[C@H]1C[C@@H](O)C1)c1cc(-c2ncc(-c3ccc(Br)c(F)c3)[nH]2)ccc1Cl. The highest BCUT2D eigenvalue weighted by atomic mass is 79.9. The molecule has 3 aromatic rings. The first-order valence-corrected chi connectivity index (χ1v) is 11.4. The molecule has 3 N–H and O–H groups in total. The van der Waals surface area contributed by atoms with Crippen LogP contribution in [0.15, 0.2) is 52.0 Å². The topological polar surface area (TPSA) is 95.1 Å². The third kappa shape index (κ3) is 4.24. The average molecular weight is 501 g/mol. The summed E-state index contributed by atoms with van der Waals surface area (Å²) in [6.07, 6.45) is 1.83. The number of nitrogens with zero attached hydrogens (tertiary/aromatic N) is 1. The van der Waals surface area contributed by atoms with Crippen LogP contribution in [-0.2, 0) is 10.0 Å². The number of nitrogens with one attached hydrogen (secondary N) is 2. The van der Waals surface area contributed by atoms with Crippen molar-refractivity contribution in [1.82, 2.24) is 14.7 Å². The first-order valence-electron chi connectivity index (χ1n) is 8.73. The van der Waals surface area contributed by atoms with Crippen molar-refractivity contribution < 1.29 is 17.9 Å². The van der Waals surface area contributed by atoms with Gasteiger partial charge in [0.05, 0.1) is 27.5 Å². The Morgan fingerprint density at radius 2 is 1.93 bits per heavy atom. The number of H-pyrrole nitrogens is 1. The highest BCUT2D eigenvalue weighted by molar-refractivity contribution is 9.10. The van der Waals surface area contributed by atoms with Gasteiger partial charge in [-0.05, 0) is 59.1 Å². The Balaban J connectivity index is 1.64. The van der Waals surface area contributed by atoms with Crippen molar-refractivity contribution in [1.29, 1.82) is 0 Å². The lowest BCUT2D eigenvalue weighted by Gasteiger charge is -2.31. The number of imidazole rings is 1. The molecular weight excluding hydrogens is 485 g/mol. The number of hydrogen-bond donors (Lipinski definition) is 3. The summed E-state index contributed by atoms with van der Waals surface area (Å²) < 4.78 is 42.1. The first kappa shape index (κ1) is 20.5. The van der Waals surface area contributed by atoms with E-state index in [9.17, 15) is 17.9 Å². The van der Waals surface area contributed by atoms with Crippen LogP contribution in [-0.4, -0.2) is 35.6 Å². The van der Waals surface area contributed by atoms with Crippen LogP contribution in [0.3, 0.4) is 0 Å². The number of aromatic amines is 1. The Hall–Kier alpha value is -1.78. The van der Waals surface area contributed by atoms with E-state index in [4.69, 9.17) is 11.6 Å². The fourth-order valence-corrected chi connectivity index (χ4v) is 5.14. The zero-order chi connectivity index (χ0) is 20.8. The summed E-state index contributed by atoms with van der Waals surface area (Å²) in [7, 11) is -3.85. The van der Waals surface area contributed by atoms with Gasteiger partial charge < -0.3 is 10.1 Å². The van der Waals surface area contributed by atoms with Gasteiger partial charge in [0.2, 0.25) is 10.0 Å². The summed E-state index contributed by atoms with van der Waals surface area (Å²) in [6.45, 7) is 0. The molecule has 6 nitrogen and oxygen atoms in total. The second-order valence-corrected chi connectivity index (χ2v) is 9.81. The number of sulfonamides is 1. The van der Waals surface area contributed by atoms with Gasteiger partial charge in [0.15, 0.2) is 0 Å². The molecule has 1 aromatic heterocycles. The minimum atomic E-state index is -3.85. The Labute approximate surface area is 180 Å². The lowest BCUT2D eigenvalue weighted by atomic mass is 9.91. The van der Waals surface area contributed by atoms with E-state index in [1.54, 1.807) is 24.4 Å². The van der Waals surface area contributed by atoms with Crippen molar-refractivity contribution in [3.8, 4) is 22.6 Å². The molecule has 1 saturated carbocycles. The van der Waals surface area contributed by atoms with Crippen molar-refractivity contribution >= 4 is 37.6 Å². The van der Waals surface area contributed by atoms with Crippen LogP contribution < -0.4 is 4.72 Å². The Bertz CT molecular complexity index is 1180. The number of aliphatic hydroxyl groups excluding tert-OH is 1. The quantitative estimate of drug-likeness (QED) is 0.491. The number of rotatable bonds is 5. The summed E-state index contributed by atoms with van der Waals surface area (Å²) in [6, 6.07) is 8.97. The minimum absolute atomic E-state index is 0.0642. The van der Waals surface area contributed by atoms with Crippen LogP contribution in [0.1, 0.15) is 12.8 Å². The molecule has 4 rings (SSSR count). The number of halogens is 3. The molecule has 0 spiro atoms. The lowest BCUT2D eigenvalue weighted by molar-refractivity contribution is 0.0712. The molecule has 0 unspecified atom stereocenters. The summed E-state index contributed by atoms with van der Waals surface area (Å²) in [5.41, 5.74) is 1.72. The maximum atomic E-state index is 13.8. The van der Waals surface area contributed by atoms with E-state index >= 15 is 0 Å². The van der Waals surface area contributed by atoms with Crippen molar-refractivity contribution in [3.63, 3.8) is 0 Å². The molecule has 0 atom stereocenters. The molecule has 1 aliphatic rings. The van der Waals surface area contributed by atoms with Gasteiger partial charge in [-0.3, -0.25) is 0 Å². The van der Waals surface area contributed by atoms with Crippen LogP contribution in [0.2, 0.25) is 5.02 Å². The number of hydrogen-bond acceptors (Lipinski definition) is 4. The smallest absolute Gasteiger partial charge is 0.242 e. The molecule has 1 aliphatic carbocycles. The van der Waals surface area contributed by atoms with Crippen molar-refractivity contribution in [2.24, 2.45) is 0 Å². The maximum absolute atomic E-state index is 13.8. The molecule has 1 fully saturated rings. The van der Waals surface area contributed by atoms with Gasteiger partial charge in [-0.2, -0.15) is 0 Å². The minimum Gasteiger partial charge on any atom is -0.393 e. The number of aliphatic hydroxyl groups is 1. The molecule has 0 saturated heterocycles. The fraction of sp³-hybridized carbons (Fsp3) is 0.211. The Morgan fingerprint density at radius 3 is 2.62 bits per heavy atom. The van der Waals surface area contributed by atoms with Gasteiger partial charge in [-0.1, -0.05) is 17.7 Å². The van der Waals surface area contributed by atoms with Gasteiger partial charge in [0.1, 0.15) is 16.5 Å². The molecule has 152 valence electrons. The average Bonchev–Trinajstić information content (AvgIpc) is 3.13. The van der Waals surface area contributed by atoms with Crippen molar-refractivity contribution in [2.75, 3.05) is 0 Å². The summed E-state index contributed by atoms with van der Waals surface area (Å²) in [5.74, 6) is 0.0289. The fourth-order valence-electron chi connectivity index (χ4n) is 3.10. The van der Waals surface area contributed by atoms with E-state index in [-0.39, 0.29) is 16.0 Å². The van der Waals surface area contributed by atoms with E-state index in [0.717, 1.165) is 0 Å². The molecule has 0 radical (unpaired) electrons. The molecule has 10 heteroatoms. The summed E-state index contributed by atoms with van der Waals surface area (Å²) in [5, 5.41) is 9.45. The van der Waals surface area contributed by atoms with Crippen molar-refractivity contribution in [2.45, 2.75) is 29.9 Å². The molecule has 29 heavy (non-hydrogen) atoms. The number of benzene rings is 2. The normalized spacial score (nSPS) is 19.2. The first-order chi connectivity index (χ1) is 13.7. The molecule has 1 heterocycles. The van der Waals surface area contributed by atoms with Crippen LogP contribution in [0.4, 0.5) is 4.39 Å². The van der Waals surface area contributed by atoms with Crippen LogP contribution in [0, 0.1) is 5.82 Å². The Morgan fingerprint density at radius 1 is 1.21 bits per heavy atom. The third-order valence-electron chi connectivity index (χ3n) is 4.74. The highest BCUT2D eigenvalue weighted by Gasteiger charge is 2.32. The van der Waals surface area contributed by atoms with Crippen LogP contribution in [0.25, 0.3) is 22.6 Å². The molecule has 0 aliphatic heterocycles. The van der Waals surface area contributed by atoms with Gasteiger partial charge >= 0.3 is 0 Å². The van der Waals surface area contributed by atoms with E-state index < -0.39 is 21.9 Å². The number of aromatic nitrogens is 2. The van der Waals surface area contributed by atoms with Gasteiger partial charge in [-0.25, -0.2) is 22.5 Å². The highest BCUT2D eigenvalue weighted by Crippen LogP contribution is 2.30. The summed E-state index contributed by atoms with van der Waals surface area (Å²) in [4.78, 5) is 7.30. The Kier molecular flexibility index (Phi) is 5.52. The summed E-state index contributed by atoms with van der Waals surface area (Å²) >= 11 is 9.25. The van der Waals surface area contributed by atoms with Crippen molar-refractivity contribution in [3.05, 3.63) is 57.9 Å². The standard InChI is InChI=1S/C19H16BrClFN3O3S/c20-14-3-1-10(5-16(14)22)17-9-23-19(24-17)11-2-4-15(21)18(6-11)29(27,28)25-12-7-13(26)8-12/h1-6,9,12-13,25-26H,7-8H2,(H,23,24)/t12-,13+. The van der Waals surface area contributed by atoms with E-state index in [0.29, 0.717) is 40.0 Å². The third-order valence-corrected chi connectivity index (χ3v) is 7.38. The van der Waals surface area contributed by atoms with E-state index in [1.807, 2.05) is 0 Å². The van der Waals surface area contributed by atoms with E-state index in [2.05, 4.69) is 30.6 Å². The van der Waals surface area contributed by atoms with Crippen LogP contribution in [0.5, 0.6) is 0 Å². The predicted octanol–water partition coefficient (Wildman–Crippen LogP) is 4.10. The molecule has 0 amide bonds. The maximum Gasteiger partial charge on any atom is 0.242 e. The zero-order valence-electron chi connectivity index (χ0n) is 14.9. The largest absolute Gasteiger partial charge is 0.393 e. The molecule has 2 aromatic carbocycles. The van der Waals surface area contributed by atoms with Gasteiger partial charge in [0, 0.05) is 17.2 Å². The van der Waals surface area contributed by atoms with Gasteiger partial charge in [-0.15, -0.1) is 0 Å². The monoisotopic (exact) mass is 499 g/mol. The van der Waals surface area contributed by atoms with Crippen LogP contribution >= 0.6 is 27.5 Å². The van der Waals surface area contributed by atoms with E-state index in [1.165, 1.54) is 18.2 Å². The molecule has 0 bridgehead atoms. The zero-order valence-corrected chi connectivity index (χ0v) is 18.0. The van der Waals surface area contributed by atoms with Gasteiger partial charge in [0.25, 0.3) is 0 Å². The predicted molar refractivity (Wildman–Crippen MR) is 111 cm³/mol.